The lowest BCUT2D eigenvalue weighted by Gasteiger charge is -2.16. The fourth-order valence-electron chi connectivity index (χ4n) is 2.41. The van der Waals surface area contributed by atoms with E-state index < -0.39 is 9.85 Å². The molecule has 0 saturated carbocycles. The first kappa shape index (κ1) is 21.2. The summed E-state index contributed by atoms with van der Waals surface area (Å²) in [4.78, 5) is 19.9. The molecule has 2 aromatic carbocycles. The van der Waals surface area contributed by atoms with Gasteiger partial charge < -0.3 is 18.9 Å². The molecule has 0 aromatic heterocycles. The summed E-state index contributed by atoms with van der Waals surface area (Å²) in [7, 11) is 4.29. The minimum absolute atomic E-state index is 0.238. The summed E-state index contributed by atoms with van der Waals surface area (Å²) in [6, 6.07) is 7.85. The third kappa shape index (κ3) is 5.70. The lowest BCUT2D eigenvalue weighted by atomic mass is 10.1. The van der Waals surface area contributed by atoms with Crippen molar-refractivity contribution in [3.63, 3.8) is 0 Å². The van der Waals surface area contributed by atoms with Crippen molar-refractivity contribution in [1.82, 2.24) is 0 Å². The molecule has 0 N–H and O–H groups in total. The van der Waals surface area contributed by atoms with Gasteiger partial charge in [0.15, 0.2) is 23.0 Å². The van der Waals surface area contributed by atoms with Crippen molar-refractivity contribution < 1.29 is 28.8 Å². The Morgan fingerprint density at radius 1 is 0.724 bits per heavy atom. The van der Waals surface area contributed by atoms with Crippen LogP contribution in [0, 0.1) is 20.2 Å². The van der Waals surface area contributed by atoms with Gasteiger partial charge in [0.1, 0.15) is 0 Å². The van der Waals surface area contributed by atoms with Gasteiger partial charge in [-0.2, -0.15) is 0 Å². The Hall–Kier alpha value is -4.08. The van der Waals surface area contributed by atoms with Gasteiger partial charge in [-0.3, -0.25) is 20.2 Å². The highest BCUT2D eigenvalue weighted by molar-refractivity contribution is 5.63. The molecule has 0 amide bonds. The molecule has 0 radical (unpaired) electrons. The highest BCUT2D eigenvalue weighted by Gasteiger charge is 2.16. The van der Waals surface area contributed by atoms with Gasteiger partial charge in [0.25, 0.3) is 0 Å². The summed E-state index contributed by atoms with van der Waals surface area (Å²) >= 11 is 0. The van der Waals surface area contributed by atoms with Crippen molar-refractivity contribution in [3.8, 4) is 28.7 Å². The lowest BCUT2D eigenvalue weighted by molar-refractivity contribution is -0.401. The maximum absolute atomic E-state index is 10.6. The zero-order valence-electron chi connectivity index (χ0n) is 15.9. The molecule has 0 aliphatic rings. The molecule has 0 bridgehead atoms. The van der Waals surface area contributed by atoms with Crippen LogP contribution in [0.3, 0.4) is 0 Å². The van der Waals surface area contributed by atoms with Crippen LogP contribution in [0.5, 0.6) is 28.7 Å². The molecule has 0 atom stereocenters. The van der Waals surface area contributed by atoms with E-state index in [4.69, 9.17) is 18.9 Å². The molecule has 0 spiro atoms. The maximum atomic E-state index is 10.6. The van der Waals surface area contributed by atoms with Crippen LogP contribution in [0.1, 0.15) is 11.1 Å². The SMILES string of the molecule is COc1cc(/C=C/[N+](=O)[O-])ccc1Oc1cc(/C=C\[N+](=O)[O-])cc(OC)c1OC. The van der Waals surface area contributed by atoms with Gasteiger partial charge in [-0.1, -0.05) is 6.07 Å². The summed E-state index contributed by atoms with van der Waals surface area (Å²) in [6.07, 6.45) is 4.22. The predicted molar refractivity (Wildman–Crippen MR) is 105 cm³/mol. The molecule has 10 nitrogen and oxygen atoms in total. The van der Waals surface area contributed by atoms with E-state index in [1.165, 1.54) is 33.5 Å². The van der Waals surface area contributed by atoms with Gasteiger partial charge in [-0.05, 0) is 35.4 Å². The van der Waals surface area contributed by atoms with Crippen LogP contribution in [0.2, 0.25) is 0 Å². The number of benzene rings is 2. The molecule has 0 heterocycles. The Kier molecular flexibility index (Phi) is 7.13. The molecular formula is C19H18N2O8. The largest absolute Gasteiger partial charge is 0.493 e. The summed E-state index contributed by atoms with van der Waals surface area (Å²) in [5.41, 5.74) is 0.997. The van der Waals surface area contributed by atoms with Crippen molar-refractivity contribution in [3.05, 3.63) is 74.1 Å². The molecule has 0 fully saturated rings. The standard InChI is InChI=1S/C19H18N2O8/c1-26-16-10-13(6-8-20(22)23)4-5-15(16)29-18-12-14(7-9-21(24)25)11-17(27-2)19(18)28-3/h4-12H,1-3H3/b8-6+,9-7-. The molecule has 152 valence electrons. The van der Waals surface area contributed by atoms with Gasteiger partial charge in [-0.15, -0.1) is 0 Å². The first-order valence-corrected chi connectivity index (χ1v) is 8.13. The van der Waals surface area contributed by atoms with E-state index in [1.54, 1.807) is 30.3 Å². The first-order chi connectivity index (χ1) is 13.9. The zero-order valence-corrected chi connectivity index (χ0v) is 15.9. The summed E-state index contributed by atoms with van der Waals surface area (Å²) < 4.78 is 21.8. The van der Waals surface area contributed by atoms with E-state index in [-0.39, 0.29) is 11.5 Å². The van der Waals surface area contributed by atoms with Crippen LogP contribution < -0.4 is 18.9 Å². The Bertz CT molecular complexity index is 969. The van der Waals surface area contributed by atoms with Crippen molar-refractivity contribution in [1.29, 1.82) is 0 Å². The highest BCUT2D eigenvalue weighted by atomic mass is 16.6. The van der Waals surface area contributed by atoms with Crippen molar-refractivity contribution in [2.75, 3.05) is 21.3 Å². The second kappa shape index (κ2) is 9.74. The van der Waals surface area contributed by atoms with Crippen molar-refractivity contribution in [2.45, 2.75) is 0 Å². The molecule has 0 aliphatic heterocycles. The zero-order chi connectivity index (χ0) is 21.4. The average Bonchev–Trinajstić information content (AvgIpc) is 2.70. The molecule has 0 saturated heterocycles. The number of methoxy groups -OCH3 is 3. The Labute approximate surface area is 165 Å². The van der Waals surface area contributed by atoms with Crippen LogP contribution in [0.25, 0.3) is 12.2 Å². The topological polar surface area (TPSA) is 123 Å². The van der Waals surface area contributed by atoms with Crippen LogP contribution in [-0.2, 0) is 0 Å². The third-order valence-corrected chi connectivity index (χ3v) is 3.65. The Morgan fingerprint density at radius 2 is 1.28 bits per heavy atom. The number of hydrogen-bond donors (Lipinski definition) is 0. The van der Waals surface area contributed by atoms with E-state index in [9.17, 15) is 20.2 Å². The summed E-state index contributed by atoms with van der Waals surface area (Å²) in [5, 5.41) is 21.1. The molecule has 29 heavy (non-hydrogen) atoms. The number of ether oxygens (including phenoxy) is 4. The fourth-order valence-corrected chi connectivity index (χ4v) is 2.41. The molecule has 0 aliphatic carbocycles. The van der Waals surface area contributed by atoms with E-state index in [0.717, 1.165) is 12.4 Å². The van der Waals surface area contributed by atoms with Gasteiger partial charge in [0, 0.05) is 12.2 Å². The minimum atomic E-state index is -0.586. The smallest absolute Gasteiger partial charge is 0.235 e. The summed E-state index contributed by atoms with van der Waals surface area (Å²) in [6.45, 7) is 0. The number of nitrogens with zero attached hydrogens (tertiary/aromatic N) is 2. The van der Waals surface area contributed by atoms with E-state index in [0.29, 0.717) is 28.4 Å². The van der Waals surface area contributed by atoms with E-state index in [1.807, 2.05) is 0 Å². The first-order valence-electron chi connectivity index (χ1n) is 8.13. The van der Waals surface area contributed by atoms with Gasteiger partial charge in [0.2, 0.25) is 18.1 Å². The monoisotopic (exact) mass is 402 g/mol. The maximum Gasteiger partial charge on any atom is 0.235 e. The average molecular weight is 402 g/mol. The lowest BCUT2D eigenvalue weighted by Crippen LogP contribution is -1.97. The number of nitro groups is 2. The molecule has 2 rings (SSSR count). The van der Waals surface area contributed by atoms with E-state index >= 15 is 0 Å². The normalized spacial score (nSPS) is 10.9. The minimum Gasteiger partial charge on any atom is -0.493 e. The van der Waals surface area contributed by atoms with Gasteiger partial charge in [0.05, 0.1) is 31.2 Å². The predicted octanol–water partition coefficient (Wildman–Crippen LogP) is 4.00. The third-order valence-electron chi connectivity index (χ3n) is 3.65. The van der Waals surface area contributed by atoms with Crippen LogP contribution in [0.4, 0.5) is 0 Å². The van der Waals surface area contributed by atoms with Crippen LogP contribution in [0.15, 0.2) is 42.7 Å². The second-order valence-corrected chi connectivity index (χ2v) is 5.47. The van der Waals surface area contributed by atoms with Crippen molar-refractivity contribution >= 4 is 12.2 Å². The van der Waals surface area contributed by atoms with Crippen molar-refractivity contribution in [2.24, 2.45) is 0 Å². The molecular weight excluding hydrogens is 384 g/mol. The molecule has 0 unspecified atom stereocenters. The Morgan fingerprint density at radius 3 is 1.83 bits per heavy atom. The molecule has 10 heteroatoms. The van der Waals surface area contributed by atoms with E-state index in [2.05, 4.69) is 0 Å². The number of rotatable bonds is 9. The van der Waals surface area contributed by atoms with Gasteiger partial charge in [-0.25, -0.2) is 0 Å². The summed E-state index contributed by atoms with van der Waals surface area (Å²) in [5.74, 6) is 1.47. The Balaban J connectivity index is 2.47. The number of hydrogen-bond acceptors (Lipinski definition) is 8. The fraction of sp³-hybridized carbons (Fsp3) is 0.158. The second-order valence-electron chi connectivity index (χ2n) is 5.47. The highest BCUT2D eigenvalue weighted by Crippen LogP contribution is 2.43. The van der Waals surface area contributed by atoms with Crippen LogP contribution in [-0.4, -0.2) is 31.2 Å². The van der Waals surface area contributed by atoms with Gasteiger partial charge >= 0.3 is 0 Å². The van der Waals surface area contributed by atoms with Crippen LogP contribution >= 0.6 is 0 Å². The molecule has 2 aromatic rings. The quantitative estimate of drug-likeness (QED) is 0.455.